The highest BCUT2D eigenvalue weighted by Crippen LogP contribution is 2.31. The van der Waals surface area contributed by atoms with Gasteiger partial charge in [-0.2, -0.15) is 17.4 Å². The first-order chi connectivity index (χ1) is 8.97. The maximum absolute atomic E-state index is 12.5. The maximum atomic E-state index is 12.5. The van der Waals surface area contributed by atoms with Crippen molar-refractivity contribution in [2.75, 3.05) is 19.0 Å². The number of hydrogen-bond donors (Lipinski definition) is 1. The number of hydrogen-bond acceptors (Lipinski definition) is 2. The van der Waals surface area contributed by atoms with Crippen LogP contribution in [0.2, 0.25) is 0 Å². The third-order valence-electron chi connectivity index (χ3n) is 4.37. The summed E-state index contributed by atoms with van der Waals surface area (Å²) in [5.74, 6) is 0.818. The van der Waals surface area contributed by atoms with Gasteiger partial charge >= 0.3 is 0 Å². The summed E-state index contributed by atoms with van der Waals surface area (Å²) in [5, 5.41) is 0. The summed E-state index contributed by atoms with van der Waals surface area (Å²) >= 11 is 6.07. The Morgan fingerprint density at radius 2 is 1.95 bits per heavy atom. The molecule has 1 unspecified atom stereocenters. The highest BCUT2D eigenvalue weighted by Gasteiger charge is 2.38. The topological polar surface area (TPSA) is 49.4 Å². The minimum atomic E-state index is -3.39. The molecule has 1 saturated heterocycles. The molecule has 1 atom stereocenters. The summed E-state index contributed by atoms with van der Waals surface area (Å²) < 4.78 is 29.6. The Hall–Kier alpha value is 0.160. The second-order valence-electron chi connectivity index (χ2n) is 6.19. The quantitative estimate of drug-likeness (QED) is 0.811. The van der Waals surface area contributed by atoms with Crippen LogP contribution in [-0.4, -0.2) is 37.2 Å². The fourth-order valence-corrected chi connectivity index (χ4v) is 5.38. The largest absolute Gasteiger partial charge is 0.280 e. The fraction of sp³-hybridized carbons (Fsp3) is 1.00. The number of rotatable bonds is 4. The van der Waals surface area contributed by atoms with Crippen LogP contribution in [0.3, 0.4) is 0 Å². The van der Waals surface area contributed by atoms with Gasteiger partial charge in [0.05, 0.1) is 0 Å². The summed E-state index contributed by atoms with van der Waals surface area (Å²) in [7, 11) is -3.39. The van der Waals surface area contributed by atoms with Crippen LogP contribution in [-0.2, 0) is 10.2 Å². The Morgan fingerprint density at radius 1 is 1.26 bits per heavy atom. The Balaban J connectivity index is 2.06. The molecule has 19 heavy (non-hydrogen) atoms. The molecule has 1 saturated carbocycles. The van der Waals surface area contributed by atoms with Gasteiger partial charge in [0.1, 0.15) is 0 Å². The summed E-state index contributed by atoms with van der Waals surface area (Å²) in [6, 6.07) is 0. The Bertz CT molecular complexity index is 393. The van der Waals surface area contributed by atoms with E-state index in [2.05, 4.69) is 11.6 Å². The summed E-state index contributed by atoms with van der Waals surface area (Å²) in [6.07, 6.45) is 7.10. The monoisotopic (exact) mass is 308 g/mol. The van der Waals surface area contributed by atoms with Crippen molar-refractivity contribution in [3.8, 4) is 0 Å². The highest BCUT2D eigenvalue weighted by molar-refractivity contribution is 7.87. The molecule has 1 heterocycles. The van der Waals surface area contributed by atoms with Crippen molar-refractivity contribution in [2.45, 2.75) is 57.4 Å². The van der Waals surface area contributed by atoms with E-state index in [9.17, 15) is 8.42 Å². The highest BCUT2D eigenvalue weighted by atomic mass is 35.5. The van der Waals surface area contributed by atoms with Gasteiger partial charge in [0.2, 0.25) is 0 Å². The van der Waals surface area contributed by atoms with Crippen LogP contribution in [0.4, 0.5) is 0 Å². The Morgan fingerprint density at radius 3 is 2.53 bits per heavy atom. The van der Waals surface area contributed by atoms with Gasteiger partial charge in [-0.05, 0) is 31.6 Å². The molecule has 1 aliphatic heterocycles. The molecule has 0 radical (unpaired) electrons. The van der Waals surface area contributed by atoms with Crippen LogP contribution >= 0.6 is 11.6 Å². The molecule has 4 nitrogen and oxygen atoms in total. The van der Waals surface area contributed by atoms with Crippen molar-refractivity contribution in [3.05, 3.63) is 0 Å². The molecule has 1 N–H and O–H groups in total. The van der Waals surface area contributed by atoms with E-state index >= 15 is 0 Å². The smallest absolute Gasteiger partial charge is 0.195 e. The molecular formula is C13H25ClN2O2S. The summed E-state index contributed by atoms with van der Waals surface area (Å²) in [5.41, 5.74) is -0.417. The zero-order valence-corrected chi connectivity index (χ0v) is 13.3. The van der Waals surface area contributed by atoms with Gasteiger partial charge in [-0.1, -0.05) is 26.2 Å². The van der Waals surface area contributed by atoms with E-state index in [0.717, 1.165) is 38.5 Å². The maximum Gasteiger partial charge on any atom is 0.280 e. The third kappa shape index (κ3) is 3.84. The lowest BCUT2D eigenvalue weighted by molar-refractivity contribution is 0.256. The van der Waals surface area contributed by atoms with E-state index in [4.69, 9.17) is 11.6 Å². The molecule has 112 valence electrons. The number of piperidine rings is 1. The number of alkyl halides is 1. The van der Waals surface area contributed by atoms with Crippen molar-refractivity contribution < 1.29 is 8.42 Å². The average Bonchev–Trinajstić information content (AvgIpc) is 2.39. The normalized spacial score (nSPS) is 29.3. The number of halogens is 1. The Kier molecular flexibility index (Phi) is 5.15. The van der Waals surface area contributed by atoms with Crippen molar-refractivity contribution in [3.63, 3.8) is 0 Å². The number of nitrogens with one attached hydrogen (secondary N) is 1. The molecule has 0 aromatic rings. The second kappa shape index (κ2) is 6.29. The van der Waals surface area contributed by atoms with Gasteiger partial charge in [-0.15, -0.1) is 11.6 Å². The predicted octanol–water partition coefficient (Wildman–Crippen LogP) is 2.49. The van der Waals surface area contributed by atoms with Gasteiger partial charge in [-0.25, -0.2) is 0 Å². The second-order valence-corrected chi connectivity index (χ2v) is 8.13. The molecule has 0 spiro atoms. The van der Waals surface area contributed by atoms with Crippen molar-refractivity contribution in [2.24, 2.45) is 5.92 Å². The molecule has 0 aromatic carbocycles. The van der Waals surface area contributed by atoms with Crippen LogP contribution in [0.25, 0.3) is 0 Å². The van der Waals surface area contributed by atoms with Crippen LogP contribution in [0, 0.1) is 5.92 Å². The molecule has 1 aliphatic carbocycles. The molecule has 0 amide bonds. The molecule has 2 fully saturated rings. The van der Waals surface area contributed by atoms with Gasteiger partial charge in [-0.3, -0.25) is 0 Å². The Labute approximate surface area is 122 Å². The first kappa shape index (κ1) is 15.5. The zero-order chi connectivity index (χ0) is 13.9. The lowest BCUT2D eigenvalue weighted by Gasteiger charge is -2.39. The molecule has 2 rings (SSSR count). The zero-order valence-electron chi connectivity index (χ0n) is 11.7. The molecule has 0 bridgehead atoms. The van der Waals surface area contributed by atoms with E-state index in [-0.39, 0.29) is 0 Å². The summed E-state index contributed by atoms with van der Waals surface area (Å²) in [6.45, 7) is 3.38. The minimum Gasteiger partial charge on any atom is -0.195 e. The molecule has 0 aromatic heterocycles. The summed E-state index contributed by atoms with van der Waals surface area (Å²) in [4.78, 5) is 0. The van der Waals surface area contributed by atoms with Gasteiger partial charge < -0.3 is 0 Å². The van der Waals surface area contributed by atoms with Gasteiger partial charge in [0.15, 0.2) is 0 Å². The fourth-order valence-electron chi connectivity index (χ4n) is 3.19. The molecule has 6 heteroatoms. The van der Waals surface area contributed by atoms with Gasteiger partial charge in [0, 0.05) is 24.5 Å². The van der Waals surface area contributed by atoms with E-state index in [1.54, 1.807) is 4.31 Å². The van der Waals surface area contributed by atoms with E-state index in [1.165, 1.54) is 6.42 Å². The average molecular weight is 309 g/mol. The van der Waals surface area contributed by atoms with Crippen molar-refractivity contribution in [1.82, 2.24) is 9.03 Å². The third-order valence-corrected chi connectivity index (χ3v) is 6.59. The van der Waals surface area contributed by atoms with Gasteiger partial charge in [0.25, 0.3) is 10.2 Å². The van der Waals surface area contributed by atoms with Crippen molar-refractivity contribution >= 4 is 21.8 Å². The molecular weight excluding hydrogens is 284 g/mol. The number of nitrogens with zero attached hydrogens (tertiary/aromatic N) is 1. The lowest BCUT2D eigenvalue weighted by atomic mass is 9.84. The predicted molar refractivity (Wildman–Crippen MR) is 78.6 cm³/mol. The van der Waals surface area contributed by atoms with Crippen LogP contribution in [0.15, 0.2) is 0 Å². The molecule has 2 aliphatic rings. The first-order valence-corrected chi connectivity index (χ1v) is 9.30. The van der Waals surface area contributed by atoms with Crippen molar-refractivity contribution in [1.29, 1.82) is 0 Å². The lowest BCUT2D eigenvalue weighted by Crippen LogP contribution is -2.56. The van der Waals surface area contributed by atoms with E-state index in [0.29, 0.717) is 24.9 Å². The minimum absolute atomic E-state index is 0.371. The van der Waals surface area contributed by atoms with Crippen LogP contribution in [0.1, 0.15) is 51.9 Å². The first-order valence-electron chi connectivity index (χ1n) is 7.32. The van der Waals surface area contributed by atoms with E-state index in [1.807, 2.05) is 0 Å². The SMILES string of the molecule is CC1CCCN(S(=O)(=O)NC2(CCl)CCCCC2)C1. The van der Waals surface area contributed by atoms with E-state index < -0.39 is 15.7 Å². The van der Waals surface area contributed by atoms with Crippen LogP contribution in [0.5, 0.6) is 0 Å². The van der Waals surface area contributed by atoms with Crippen LogP contribution < -0.4 is 4.72 Å². The standard InChI is InChI=1S/C13H25ClN2O2S/c1-12-6-5-9-16(10-12)19(17,18)15-13(11-14)7-3-2-4-8-13/h12,15H,2-11H2,1H3.